The Hall–Kier alpha value is -3.26. The summed E-state index contributed by atoms with van der Waals surface area (Å²) in [5, 5.41) is 19.8. The number of hydrogen-bond donors (Lipinski definition) is 1. The number of aromatic carboxylic acids is 1. The van der Waals surface area contributed by atoms with E-state index in [4.69, 9.17) is 5.11 Å². The average Bonchev–Trinajstić information content (AvgIpc) is 3.11. The van der Waals surface area contributed by atoms with Crippen molar-refractivity contribution in [2.24, 2.45) is 0 Å². The molecule has 0 atom stereocenters. The van der Waals surface area contributed by atoms with Crippen molar-refractivity contribution in [2.45, 2.75) is 0 Å². The molecule has 0 bridgehead atoms. The van der Waals surface area contributed by atoms with E-state index in [9.17, 15) is 14.9 Å². The summed E-state index contributed by atoms with van der Waals surface area (Å²) < 4.78 is 2.73. The number of thiazole rings is 1. The van der Waals surface area contributed by atoms with E-state index < -0.39 is 10.9 Å². The molecule has 0 radical (unpaired) electrons. The first-order valence-corrected chi connectivity index (χ1v) is 7.74. The van der Waals surface area contributed by atoms with Gasteiger partial charge in [0.1, 0.15) is 0 Å². The molecule has 0 aliphatic rings. The van der Waals surface area contributed by atoms with Gasteiger partial charge in [-0.25, -0.2) is 9.78 Å². The highest BCUT2D eigenvalue weighted by atomic mass is 32.1. The van der Waals surface area contributed by atoms with E-state index in [2.05, 4.69) is 4.98 Å². The Morgan fingerprint density at radius 3 is 2.62 bits per heavy atom. The number of nitro groups is 1. The van der Waals surface area contributed by atoms with Crippen LogP contribution in [0, 0.1) is 10.1 Å². The highest BCUT2D eigenvalue weighted by Crippen LogP contribution is 2.30. The number of carbonyl (C=O) groups is 1. The summed E-state index contributed by atoms with van der Waals surface area (Å²) >= 11 is 1.40. The molecule has 118 valence electrons. The first-order valence-electron chi connectivity index (χ1n) is 6.93. The summed E-state index contributed by atoms with van der Waals surface area (Å²) in [5.41, 5.74) is 2.64. The molecular formula is C16H9N3O4S. The van der Waals surface area contributed by atoms with Crippen molar-refractivity contribution in [2.75, 3.05) is 0 Å². The van der Waals surface area contributed by atoms with Gasteiger partial charge in [0.2, 0.25) is 0 Å². The molecule has 0 fully saturated rings. The molecule has 8 heteroatoms. The number of imidazole rings is 1. The van der Waals surface area contributed by atoms with E-state index in [0.29, 0.717) is 5.69 Å². The zero-order valence-corrected chi connectivity index (χ0v) is 12.9. The minimum Gasteiger partial charge on any atom is -0.478 e. The van der Waals surface area contributed by atoms with E-state index in [0.717, 1.165) is 20.7 Å². The fourth-order valence-corrected chi connectivity index (χ4v) is 3.57. The van der Waals surface area contributed by atoms with Gasteiger partial charge in [0.15, 0.2) is 4.96 Å². The molecule has 1 N–H and O–H groups in total. The van der Waals surface area contributed by atoms with Gasteiger partial charge in [-0.2, -0.15) is 0 Å². The molecule has 0 amide bonds. The lowest BCUT2D eigenvalue weighted by Gasteiger charge is -1.97. The Bertz CT molecular complexity index is 1110. The van der Waals surface area contributed by atoms with Gasteiger partial charge < -0.3 is 5.11 Å². The minimum atomic E-state index is -0.963. The molecule has 0 aliphatic heterocycles. The molecular weight excluding hydrogens is 330 g/mol. The van der Waals surface area contributed by atoms with E-state index in [1.165, 1.54) is 23.5 Å². The summed E-state index contributed by atoms with van der Waals surface area (Å²) in [6.45, 7) is 0. The summed E-state index contributed by atoms with van der Waals surface area (Å²) in [5.74, 6) is -0.963. The van der Waals surface area contributed by atoms with Crippen LogP contribution in [0.1, 0.15) is 10.4 Å². The number of benzene rings is 2. The van der Waals surface area contributed by atoms with Crippen LogP contribution in [-0.2, 0) is 0 Å². The second-order valence-electron chi connectivity index (χ2n) is 5.17. The number of rotatable bonds is 3. The van der Waals surface area contributed by atoms with Gasteiger partial charge in [-0.1, -0.05) is 11.3 Å². The lowest BCUT2D eigenvalue weighted by Crippen LogP contribution is -1.94. The molecule has 4 rings (SSSR count). The van der Waals surface area contributed by atoms with Gasteiger partial charge in [-0.05, 0) is 30.3 Å². The molecule has 0 spiro atoms. The maximum absolute atomic E-state index is 11.0. The number of nitro benzene ring substituents is 1. The molecule has 0 saturated heterocycles. The Labute approximate surface area is 138 Å². The molecule has 2 aromatic heterocycles. The number of carboxylic acid groups (broad SMARTS) is 1. The second-order valence-corrected chi connectivity index (χ2v) is 6.18. The van der Waals surface area contributed by atoms with E-state index in [1.807, 2.05) is 10.6 Å². The summed E-state index contributed by atoms with van der Waals surface area (Å²) in [4.78, 5) is 26.6. The molecule has 24 heavy (non-hydrogen) atoms. The van der Waals surface area contributed by atoms with Crippen LogP contribution in [0.5, 0.6) is 0 Å². The summed E-state index contributed by atoms with van der Waals surface area (Å²) in [6.07, 6.45) is 1.84. The minimum absolute atomic E-state index is 0.0337. The maximum Gasteiger partial charge on any atom is 0.335 e. The molecule has 4 aromatic rings. The SMILES string of the molecule is O=C(O)c1ccc2c(c1)sc1nc(-c3ccc([N+](=O)[O-])cc3)cn12. The van der Waals surface area contributed by atoms with Crippen LogP contribution in [0.15, 0.2) is 48.7 Å². The largest absolute Gasteiger partial charge is 0.478 e. The monoisotopic (exact) mass is 339 g/mol. The smallest absolute Gasteiger partial charge is 0.335 e. The predicted molar refractivity (Wildman–Crippen MR) is 89.6 cm³/mol. The van der Waals surface area contributed by atoms with Gasteiger partial charge in [0, 0.05) is 23.9 Å². The van der Waals surface area contributed by atoms with Crippen molar-refractivity contribution >= 4 is 38.2 Å². The predicted octanol–water partition coefficient (Wildman–Crippen LogP) is 3.82. The summed E-state index contributed by atoms with van der Waals surface area (Å²) in [6, 6.07) is 11.2. The van der Waals surface area contributed by atoms with Crippen LogP contribution >= 0.6 is 11.3 Å². The topological polar surface area (TPSA) is 97.7 Å². The number of hydrogen-bond acceptors (Lipinski definition) is 5. The Morgan fingerprint density at radius 1 is 1.21 bits per heavy atom. The van der Waals surface area contributed by atoms with Gasteiger partial charge >= 0.3 is 5.97 Å². The van der Waals surface area contributed by atoms with Crippen LogP contribution in [0.3, 0.4) is 0 Å². The Morgan fingerprint density at radius 2 is 1.96 bits per heavy atom. The van der Waals surface area contributed by atoms with Gasteiger partial charge in [-0.15, -0.1) is 0 Å². The molecule has 2 heterocycles. The third-order valence-corrected chi connectivity index (χ3v) is 4.73. The number of non-ortho nitro benzene ring substituents is 1. The highest BCUT2D eigenvalue weighted by Gasteiger charge is 2.13. The van der Waals surface area contributed by atoms with E-state index in [1.54, 1.807) is 30.3 Å². The fourth-order valence-electron chi connectivity index (χ4n) is 2.53. The first kappa shape index (κ1) is 14.3. The molecule has 7 nitrogen and oxygen atoms in total. The molecule has 0 aliphatic carbocycles. The summed E-state index contributed by atoms with van der Waals surface area (Å²) in [7, 11) is 0. The van der Waals surface area contributed by atoms with Crippen molar-refractivity contribution in [1.82, 2.24) is 9.38 Å². The van der Waals surface area contributed by atoms with Crippen LogP contribution in [0.25, 0.3) is 26.4 Å². The molecule has 0 saturated carbocycles. The third-order valence-electron chi connectivity index (χ3n) is 3.71. The maximum atomic E-state index is 11.0. The van der Waals surface area contributed by atoms with Gasteiger partial charge in [-0.3, -0.25) is 14.5 Å². The van der Waals surface area contributed by atoms with Gasteiger partial charge in [0.25, 0.3) is 5.69 Å². The lowest BCUT2D eigenvalue weighted by atomic mass is 10.1. The normalized spacial score (nSPS) is 11.2. The van der Waals surface area contributed by atoms with Crippen LogP contribution in [0.2, 0.25) is 0 Å². The van der Waals surface area contributed by atoms with Crippen molar-refractivity contribution < 1.29 is 14.8 Å². The first-order chi connectivity index (χ1) is 11.5. The Balaban J connectivity index is 1.81. The quantitative estimate of drug-likeness (QED) is 0.452. The fraction of sp³-hybridized carbons (Fsp3) is 0. The van der Waals surface area contributed by atoms with E-state index in [-0.39, 0.29) is 11.3 Å². The van der Waals surface area contributed by atoms with Crippen LogP contribution < -0.4 is 0 Å². The standard InChI is InChI=1S/C16H9N3O4S/c20-15(21)10-3-6-13-14(7-10)24-16-17-12(8-18(13)16)9-1-4-11(5-2-9)19(22)23/h1-8H,(H,20,21). The average molecular weight is 339 g/mol. The molecule has 2 aromatic carbocycles. The number of nitrogens with zero attached hydrogens (tertiary/aromatic N) is 3. The third kappa shape index (κ3) is 2.20. The zero-order valence-electron chi connectivity index (χ0n) is 12.0. The van der Waals surface area contributed by atoms with E-state index >= 15 is 0 Å². The van der Waals surface area contributed by atoms with Crippen molar-refractivity contribution in [1.29, 1.82) is 0 Å². The van der Waals surface area contributed by atoms with Crippen LogP contribution in [-0.4, -0.2) is 25.4 Å². The number of carboxylic acids is 1. The second kappa shape index (κ2) is 5.14. The Kier molecular flexibility index (Phi) is 3.07. The van der Waals surface area contributed by atoms with Crippen LogP contribution in [0.4, 0.5) is 5.69 Å². The van der Waals surface area contributed by atoms with Crippen molar-refractivity contribution in [3.63, 3.8) is 0 Å². The number of aromatic nitrogens is 2. The highest BCUT2D eigenvalue weighted by molar-refractivity contribution is 7.23. The van der Waals surface area contributed by atoms with Crippen molar-refractivity contribution in [3.05, 3.63) is 64.3 Å². The van der Waals surface area contributed by atoms with Gasteiger partial charge in [0.05, 0.1) is 26.4 Å². The zero-order chi connectivity index (χ0) is 16.8. The lowest BCUT2D eigenvalue weighted by molar-refractivity contribution is -0.384. The van der Waals surface area contributed by atoms with Crippen molar-refractivity contribution in [3.8, 4) is 11.3 Å². The number of fused-ring (bicyclic) bond motifs is 3. The molecule has 0 unspecified atom stereocenters.